The Kier molecular flexibility index (Phi) is 5.01. The van der Waals surface area contributed by atoms with E-state index in [1.807, 2.05) is 54.7 Å². The maximum absolute atomic E-state index is 12.1. The van der Waals surface area contributed by atoms with Crippen LogP contribution in [-0.2, 0) is 16.0 Å². The highest BCUT2D eigenvalue weighted by atomic mass is 16.5. The van der Waals surface area contributed by atoms with Gasteiger partial charge in [-0.25, -0.2) is 9.78 Å². The number of nitrogens with one attached hydrogen (secondary N) is 2. The van der Waals surface area contributed by atoms with E-state index >= 15 is 0 Å². The zero-order chi connectivity index (χ0) is 19.3. The number of H-pyrrole nitrogens is 1. The molecule has 0 bridgehead atoms. The Balaban J connectivity index is 1.27. The van der Waals surface area contributed by atoms with Gasteiger partial charge in [-0.3, -0.25) is 4.79 Å². The van der Waals surface area contributed by atoms with Crippen molar-refractivity contribution in [2.24, 2.45) is 0 Å². The number of amides is 1. The molecule has 28 heavy (non-hydrogen) atoms. The van der Waals surface area contributed by atoms with Gasteiger partial charge in [0.25, 0.3) is 5.91 Å². The van der Waals surface area contributed by atoms with Crippen LogP contribution in [0.4, 0.5) is 0 Å². The van der Waals surface area contributed by atoms with Gasteiger partial charge in [-0.2, -0.15) is 0 Å². The second kappa shape index (κ2) is 7.92. The molecule has 0 spiro atoms. The van der Waals surface area contributed by atoms with Crippen molar-refractivity contribution in [1.82, 2.24) is 15.3 Å². The first-order chi connectivity index (χ1) is 13.7. The van der Waals surface area contributed by atoms with Crippen molar-refractivity contribution >= 4 is 33.7 Å². The third-order valence-electron chi connectivity index (χ3n) is 4.53. The quantitative estimate of drug-likeness (QED) is 0.508. The van der Waals surface area contributed by atoms with Crippen LogP contribution in [0.3, 0.4) is 0 Å². The number of fused-ring (bicyclic) bond motifs is 2. The molecule has 0 saturated carbocycles. The third kappa shape index (κ3) is 3.86. The van der Waals surface area contributed by atoms with Crippen LogP contribution in [0.25, 0.3) is 21.8 Å². The Morgan fingerprint density at radius 3 is 2.75 bits per heavy atom. The number of aromatic amines is 1. The van der Waals surface area contributed by atoms with Gasteiger partial charge in [0.05, 0.1) is 5.52 Å². The van der Waals surface area contributed by atoms with Gasteiger partial charge in [-0.05, 0) is 30.2 Å². The Labute approximate surface area is 161 Å². The molecule has 2 N–H and O–H groups in total. The van der Waals surface area contributed by atoms with E-state index in [0.717, 1.165) is 21.9 Å². The summed E-state index contributed by atoms with van der Waals surface area (Å²) in [5.41, 5.74) is 3.10. The van der Waals surface area contributed by atoms with E-state index in [1.165, 1.54) is 0 Å². The van der Waals surface area contributed by atoms with Gasteiger partial charge in [0, 0.05) is 29.0 Å². The first kappa shape index (κ1) is 17.7. The van der Waals surface area contributed by atoms with E-state index in [-0.39, 0.29) is 18.2 Å². The highest BCUT2D eigenvalue weighted by Gasteiger charge is 2.12. The molecule has 4 rings (SSSR count). The van der Waals surface area contributed by atoms with Crippen molar-refractivity contribution in [2.75, 3.05) is 13.2 Å². The first-order valence-corrected chi connectivity index (χ1v) is 9.05. The van der Waals surface area contributed by atoms with Gasteiger partial charge < -0.3 is 15.0 Å². The highest BCUT2D eigenvalue weighted by molar-refractivity contribution is 5.92. The summed E-state index contributed by atoms with van der Waals surface area (Å²) in [5.74, 6) is -0.952. The van der Waals surface area contributed by atoms with Crippen LogP contribution >= 0.6 is 0 Å². The normalized spacial score (nSPS) is 10.9. The molecule has 0 aliphatic heterocycles. The summed E-state index contributed by atoms with van der Waals surface area (Å²) in [6.45, 7) is 0.133. The fourth-order valence-corrected chi connectivity index (χ4v) is 3.11. The van der Waals surface area contributed by atoms with Gasteiger partial charge in [-0.1, -0.05) is 42.5 Å². The summed E-state index contributed by atoms with van der Waals surface area (Å²) in [7, 11) is 0. The van der Waals surface area contributed by atoms with E-state index < -0.39 is 5.97 Å². The number of carbonyl (C=O) groups is 2. The minimum absolute atomic E-state index is 0.185. The van der Waals surface area contributed by atoms with Gasteiger partial charge in [0.15, 0.2) is 6.61 Å². The molecule has 0 atom stereocenters. The van der Waals surface area contributed by atoms with Crippen molar-refractivity contribution in [1.29, 1.82) is 0 Å². The molecule has 0 radical (unpaired) electrons. The van der Waals surface area contributed by atoms with E-state index in [0.29, 0.717) is 18.5 Å². The number of esters is 1. The van der Waals surface area contributed by atoms with E-state index in [9.17, 15) is 9.59 Å². The van der Waals surface area contributed by atoms with E-state index in [1.54, 1.807) is 12.1 Å². The summed E-state index contributed by atoms with van der Waals surface area (Å²) < 4.78 is 5.08. The lowest BCUT2D eigenvalue weighted by atomic mass is 10.1. The van der Waals surface area contributed by atoms with Crippen LogP contribution in [-0.4, -0.2) is 35.0 Å². The first-order valence-electron chi connectivity index (χ1n) is 9.05. The molecular weight excluding hydrogens is 354 g/mol. The molecule has 2 heterocycles. The van der Waals surface area contributed by atoms with Crippen LogP contribution < -0.4 is 5.32 Å². The SMILES string of the molecule is O=C(COC(=O)c1ccc2ccccc2n1)NCCc1c[nH]c2ccccc12. The molecule has 6 nitrogen and oxygen atoms in total. The Bertz CT molecular complexity index is 1150. The van der Waals surface area contributed by atoms with Crippen LogP contribution in [0.2, 0.25) is 0 Å². The third-order valence-corrected chi connectivity index (χ3v) is 4.53. The van der Waals surface area contributed by atoms with Gasteiger partial charge in [0.1, 0.15) is 5.69 Å². The lowest BCUT2D eigenvalue weighted by molar-refractivity contribution is -0.124. The molecule has 140 valence electrons. The molecule has 0 aliphatic rings. The number of nitrogens with zero attached hydrogens (tertiary/aromatic N) is 1. The summed E-state index contributed by atoms with van der Waals surface area (Å²) >= 11 is 0. The number of para-hydroxylation sites is 2. The molecule has 2 aromatic carbocycles. The van der Waals surface area contributed by atoms with Gasteiger partial charge in [-0.15, -0.1) is 0 Å². The van der Waals surface area contributed by atoms with Crippen molar-refractivity contribution < 1.29 is 14.3 Å². The average Bonchev–Trinajstić information content (AvgIpc) is 3.15. The number of hydrogen-bond acceptors (Lipinski definition) is 4. The number of aromatic nitrogens is 2. The number of ether oxygens (including phenoxy) is 1. The zero-order valence-corrected chi connectivity index (χ0v) is 15.1. The van der Waals surface area contributed by atoms with Crippen LogP contribution in [0.5, 0.6) is 0 Å². The fourth-order valence-electron chi connectivity index (χ4n) is 3.11. The molecule has 1 amide bonds. The Morgan fingerprint density at radius 1 is 1.00 bits per heavy atom. The lowest BCUT2D eigenvalue weighted by Crippen LogP contribution is -2.30. The summed E-state index contributed by atoms with van der Waals surface area (Å²) in [4.78, 5) is 31.6. The maximum Gasteiger partial charge on any atom is 0.357 e. The minimum atomic E-state index is -0.613. The molecule has 4 aromatic rings. The Hall–Kier alpha value is -3.67. The van der Waals surface area contributed by atoms with E-state index in [2.05, 4.69) is 15.3 Å². The van der Waals surface area contributed by atoms with Gasteiger partial charge >= 0.3 is 5.97 Å². The van der Waals surface area contributed by atoms with Crippen molar-refractivity contribution in [2.45, 2.75) is 6.42 Å². The maximum atomic E-state index is 12.1. The largest absolute Gasteiger partial charge is 0.451 e. The molecule has 0 fully saturated rings. The molecular formula is C22H19N3O3. The minimum Gasteiger partial charge on any atom is -0.451 e. The number of pyridine rings is 1. The average molecular weight is 373 g/mol. The van der Waals surface area contributed by atoms with Crippen LogP contribution in [0, 0.1) is 0 Å². The smallest absolute Gasteiger partial charge is 0.357 e. The number of carbonyl (C=O) groups excluding carboxylic acids is 2. The number of hydrogen-bond donors (Lipinski definition) is 2. The highest BCUT2D eigenvalue weighted by Crippen LogP contribution is 2.17. The van der Waals surface area contributed by atoms with Gasteiger partial charge in [0.2, 0.25) is 0 Å². The molecule has 0 saturated heterocycles. The monoisotopic (exact) mass is 373 g/mol. The predicted molar refractivity (Wildman–Crippen MR) is 107 cm³/mol. The zero-order valence-electron chi connectivity index (χ0n) is 15.1. The second-order valence-electron chi connectivity index (χ2n) is 6.42. The molecule has 0 aliphatic carbocycles. The van der Waals surface area contributed by atoms with E-state index in [4.69, 9.17) is 4.74 Å². The van der Waals surface area contributed by atoms with Crippen molar-refractivity contribution in [3.8, 4) is 0 Å². The lowest BCUT2D eigenvalue weighted by Gasteiger charge is -2.07. The summed E-state index contributed by atoms with van der Waals surface area (Å²) in [6.07, 6.45) is 2.64. The fraction of sp³-hybridized carbons (Fsp3) is 0.136. The topological polar surface area (TPSA) is 84.1 Å². The van der Waals surface area contributed by atoms with Crippen molar-refractivity contribution in [3.05, 3.63) is 78.1 Å². The second-order valence-corrected chi connectivity index (χ2v) is 6.42. The Morgan fingerprint density at radius 2 is 1.82 bits per heavy atom. The summed E-state index contributed by atoms with van der Waals surface area (Å²) in [6, 6.07) is 18.9. The van der Waals surface area contributed by atoms with Crippen LogP contribution in [0.15, 0.2) is 66.9 Å². The molecule has 6 heteroatoms. The number of rotatable bonds is 6. The summed E-state index contributed by atoms with van der Waals surface area (Å²) in [5, 5.41) is 4.85. The predicted octanol–water partition coefficient (Wildman–Crippen LogP) is 3.23. The van der Waals surface area contributed by atoms with Crippen molar-refractivity contribution in [3.63, 3.8) is 0 Å². The number of benzene rings is 2. The molecule has 0 unspecified atom stereocenters. The standard InChI is InChI=1S/C22H19N3O3/c26-21(23-12-11-16-13-24-19-8-4-2-6-17(16)19)14-28-22(27)20-10-9-15-5-1-3-7-18(15)25-20/h1-10,13,24H,11-12,14H2,(H,23,26). The van der Waals surface area contributed by atoms with Crippen LogP contribution in [0.1, 0.15) is 16.1 Å². The molecule has 2 aromatic heterocycles.